The van der Waals surface area contributed by atoms with Crippen LogP contribution >= 0.6 is 0 Å². The Kier molecular flexibility index (Phi) is 4.32. The SMILES string of the molecule is NC(C[Se]c1ccc(F)cc1)c1ccccc1. The van der Waals surface area contributed by atoms with Gasteiger partial charge in [-0.3, -0.25) is 0 Å². The van der Waals surface area contributed by atoms with Crippen molar-refractivity contribution in [2.24, 2.45) is 5.73 Å². The summed E-state index contributed by atoms with van der Waals surface area (Å²) in [5.41, 5.74) is 7.28. The summed E-state index contributed by atoms with van der Waals surface area (Å²) in [6, 6.07) is 16.8. The maximum absolute atomic E-state index is 12.7. The van der Waals surface area contributed by atoms with Crippen molar-refractivity contribution in [1.82, 2.24) is 0 Å². The molecule has 1 unspecified atom stereocenters. The van der Waals surface area contributed by atoms with Gasteiger partial charge in [0.25, 0.3) is 0 Å². The van der Waals surface area contributed by atoms with Gasteiger partial charge in [-0.2, -0.15) is 0 Å². The van der Waals surface area contributed by atoms with Crippen molar-refractivity contribution in [2.45, 2.75) is 11.4 Å². The van der Waals surface area contributed by atoms with Crippen LogP contribution in [0.25, 0.3) is 0 Å². The molecule has 0 aliphatic rings. The quantitative estimate of drug-likeness (QED) is 0.860. The minimum atomic E-state index is -0.183. The van der Waals surface area contributed by atoms with Crippen LogP contribution in [0.4, 0.5) is 4.39 Å². The van der Waals surface area contributed by atoms with Crippen molar-refractivity contribution in [3.05, 3.63) is 66.0 Å². The molecule has 2 aromatic rings. The van der Waals surface area contributed by atoms with Crippen LogP contribution in [0.1, 0.15) is 11.6 Å². The number of hydrogen-bond donors (Lipinski definition) is 1. The van der Waals surface area contributed by atoms with Crippen LogP contribution in [-0.2, 0) is 0 Å². The second kappa shape index (κ2) is 5.97. The topological polar surface area (TPSA) is 26.0 Å². The Morgan fingerprint density at radius 3 is 2.29 bits per heavy atom. The molecule has 17 heavy (non-hydrogen) atoms. The summed E-state index contributed by atoms with van der Waals surface area (Å²) in [5, 5.41) is 0.933. The van der Waals surface area contributed by atoms with Crippen LogP contribution < -0.4 is 10.2 Å². The first kappa shape index (κ1) is 12.3. The van der Waals surface area contributed by atoms with Crippen LogP contribution in [0, 0.1) is 5.82 Å². The average molecular weight is 294 g/mol. The van der Waals surface area contributed by atoms with Gasteiger partial charge in [-0.1, -0.05) is 0 Å². The molecule has 0 spiro atoms. The fourth-order valence-corrected chi connectivity index (χ4v) is 3.39. The summed E-state index contributed by atoms with van der Waals surface area (Å²) in [5.74, 6) is -0.183. The number of halogens is 1. The van der Waals surface area contributed by atoms with E-state index in [1.54, 1.807) is 0 Å². The average Bonchev–Trinajstić information content (AvgIpc) is 2.39. The molecule has 0 heterocycles. The molecule has 0 amide bonds. The number of hydrogen-bond acceptors (Lipinski definition) is 1. The molecule has 0 aromatic heterocycles. The third-order valence-corrected chi connectivity index (χ3v) is 4.84. The second-order valence-electron chi connectivity index (χ2n) is 3.78. The van der Waals surface area contributed by atoms with Crippen LogP contribution in [-0.4, -0.2) is 15.0 Å². The van der Waals surface area contributed by atoms with Gasteiger partial charge < -0.3 is 0 Å². The summed E-state index contributed by atoms with van der Waals surface area (Å²) in [6.45, 7) is 0. The van der Waals surface area contributed by atoms with E-state index in [2.05, 4.69) is 0 Å². The molecule has 2 rings (SSSR count). The molecule has 0 saturated heterocycles. The maximum atomic E-state index is 12.7. The fraction of sp³-hybridized carbons (Fsp3) is 0.143. The fourth-order valence-electron chi connectivity index (χ4n) is 1.51. The molecule has 0 aliphatic heterocycles. The van der Waals surface area contributed by atoms with E-state index in [4.69, 9.17) is 5.73 Å². The van der Waals surface area contributed by atoms with Crippen LogP contribution in [0.2, 0.25) is 5.32 Å². The molecule has 0 radical (unpaired) electrons. The second-order valence-corrected chi connectivity index (χ2v) is 6.08. The Morgan fingerprint density at radius 2 is 1.65 bits per heavy atom. The third-order valence-electron chi connectivity index (χ3n) is 2.47. The number of nitrogens with two attached hydrogens (primary N) is 1. The van der Waals surface area contributed by atoms with Gasteiger partial charge in [0.1, 0.15) is 0 Å². The summed E-state index contributed by atoms with van der Waals surface area (Å²) in [6.07, 6.45) is 0. The predicted molar refractivity (Wildman–Crippen MR) is 70.0 cm³/mol. The van der Waals surface area contributed by atoms with Crippen LogP contribution in [0.5, 0.6) is 0 Å². The first-order valence-corrected chi connectivity index (χ1v) is 7.51. The number of rotatable bonds is 4. The van der Waals surface area contributed by atoms with Gasteiger partial charge in [-0.25, -0.2) is 0 Å². The van der Waals surface area contributed by atoms with E-state index in [-0.39, 0.29) is 11.9 Å². The van der Waals surface area contributed by atoms with Crippen molar-refractivity contribution >= 4 is 19.4 Å². The Labute approximate surface area is 107 Å². The van der Waals surface area contributed by atoms with Gasteiger partial charge >= 0.3 is 107 Å². The van der Waals surface area contributed by atoms with E-state index >= 15 is 0 Å². The van der Waals surface area contributed by atoms with E-state index in [1.165, 1.54) is 16.6 Å². The first-order valence-electron chi connectivity index (χ1n) is 5.44. The van der Waals surface area contributed by atoms with Gasteiger partial charge in [0.15, 0.2) is 0 Å². The Morgan fingerprint density at radius 1 is 1.00 bits per heavy atom. The molecule has 2 N–H and O–H groups in total. The minimum absolute atomic E-state index is 0.0706. The predicted octanol–water partition coefficient (Wildman–Crippen LogP) is 2.27. The van der Waals surface area contributed by atoms with Crippen molar-refractivity contribution in [2.75, 3.05) is 0 Å². The van der Waals surface area contributed by atoms with Gasteiger partial charge in [0.05, 0.1) is 0 Å². The zero-order chi connectivity index (χ0) is 12.1. The van der Waals surface area contributed by atoms with Gasteiger partial charge in [0.2, 0.25) is 0 Å². The number of benzene rings is 2. The molecule has 1 atom stereocenters. The zero-order valence-electron chi connectivity index (χ0n) is 9.34. The molecular weight excluding hydrogens is 280 g/mol. The van der Waals surface area contributed by atoms with Crippen molar-refractivity contribution < 1.29 is 4.39 Å². The molecule has 0 fully saturated rings. The molecule has 0 bridgehead atoms. The van der Waals surface area contributed by atoms with E-state index in [9.17, 15) is 4.39 Å². The molecule has 2 aromatic carbocycles. The van der Waals surface area contributed by atoms with Gasteiger partial charge in [-0.15, -0.1) is 0 Å². The monoisotopic (exact) mass is 295 g/mol. The molecule has 1 nitrogen and oxygen atoms in total. The van der Waals surface area contributed by atoms with E-state index in [0.717, 1.165) is 10.9 Å². The molecular formula is C14H14FNSe. The van der Waals surface area contributed by atoms with E-state index < -0.39 is 0 Å². The first-order chi connectivity index (χ1) is 8.25. The van der Waals surface area contributed by atoms with Gasteiger partial charge in [-0.05, 0) is 0 Å². The summed E-state index contributed by atoms with van der Waals surface area (Å²) in [4.78, 5) is 0. The molecule has 0 aliphatic carbocycles. The zero-order valence-corrected chi connectivity index (χ0v) is 11.1. The van der Waals surface area contributed by atoms with E-state index in [1.807, 2.05) is 42.5 Å². The van der Waals surface area contributed by atoms with Crippen molar-refractivity contribution in [3.8, 4) is 0 Å². The van der Waals surface area contributed by atoms with Crippen LogP contribution in [0.3, 0.4) is 0 Å². The molecule has 0 saturated carbocycles. The van der Waals surface area contributed by atoms with Gasteiger partial charge in [0, 0.05) is 0 Å². The Hall–Kier alpha value is -1.15. The standard InChI is InChI=1S/C14H14FNSe/c15-12-6-8-13(9-7-12)17-10-14(16)11-4-2-1-3-5-11/h1-9,14H,10,16H2. The third kappa shape index (κ3) is 3.67. The summed E-state index contributed by atoms with van der Waals surface area (Å²) in [7, 11) is 0. The normalized spacial score (nSPS) is 12.4. The Balaban J connectivity index is 1.92. The molecule has 3 heteroatoms. The van der Waals surface area contributed by atoms with E-state index in [0.29, 0.717) is 15.0 Å². The van der Waals surface area contributed by atoms with Crippen molar-refractivity contribution in [3.63, 3.8) is 0 Å². The Bertz CT molecular complexity index is 455. The van der Waals surface area contributed by atoms with Crippen LogP contribution in [0.15, 0.2) is 54.6 Å². The summed E-state index contributed by atoms with van der Waals surface area (Å²) >= 11 is 0.295. The van der Waals surface area contributed by atoms with Crippen molar-refractivity contribution in [1.29, 1.82) is 0 Å². The molecule has 88 valence electrons. The summed E-state index contributed by atoms with van der Waals surface area (Å²) < 4.78 is 13.9.